The number of ether oxygens (including phenoxy) is 7. The summed E-state index contributed by atoms with van der Waals surface area (Å²) in [6.07, 6.45) is -0.563. The van der Waals surface area contributed by atoms with E-state index in [1.165, 1.54) is 21.3 Å². The third-order valence-electron chi connectivity index (χ3n) is 6.87. The smallest absolute Gasteiger partial charge is 0.310 e. The van der Waals surface area contributed by atoms with E-state index in [-0.39, 0.29) is 30.6 Å². The van der Waals surface area contributed by atoms with Gasteiger partial charge in [-0.2, -0.15) is 0 Å². The highest BCUT2D eigenvalue weighted by Crippen LogP contribution is 2.60. The highest BCUT2D eigenvalue weighted by molar-refractivity contribution is 9.10. The summed E-state index contributed by atoms with van der Waals surface area (Å²) in [5.41, 5.74) is 1.94. The van der Waals surface area contributed by atoms with Gasteiger partial charge in [0.15, 0.2) is 23.0 Å². The molecule has 2 aliphatic heterocycles. The van der Waals surface area contributed by atoms with Crippen LogP contribution in [-0.4, -0.2) is 46.7 Å². The standard InChI is InChI=1S/C25H24BrClO9/c1-5-15(28)36-21-12-8-33-25(29)17(12)16(10-6-14-22(35-9-34-14)19(26)18(10)21)11-7-13(30-2)23(31-3)24(32-4)20(11)27/h6-7,12,16-17,21H,5,8-9H2,1-4H3/t12-,16-,17-,21+/m0/s1. The van der Waals surface area contributed by atoms with Crippen molar-refractivity contribution >= 4 is 39.5 Å². The van der Waals surface area contributed by atoms with E-state index in [1.54, 1.807) is 19.1 Å². The maximum atomic E-state index is 13.2. The summed E-state index contributed by atoms with van der Waals surface area (Å²) in [4.78, 5) is 25.7. The lowest BCUT2D eigenvalue weighted by molar-refractivity contribution is -0.154. The van der Waals surface area contributed by atoms with Crippen LogP contribution in [0.25, 0.3) is 0 Å². The van der Waals surface area contributed by atoms with Gasteiger partial charge in [0.2, 0.25) is 12.5 Å². The van der Waals surface area contributed by atoms with E-state index in [0.29, 0.717) is 44.2 Å². The third kappa shape index (κ3) is 3.64. The second-order valence-corrected chi connectivity index (χ2v) is 9.71. The van der Waals surface area contributed by atoms with Crippen molar-refractivity contribution in [3.05, 3.63) is 38.3 Å². The molecular formula is C25H24BrClO9. The first-order valence-electron chi connectivity index (χ1n) is 11.3. The van der Waals surface area contributed by atoms with Gasteiger partial charge in [-0.15, -0.1) is 0 Å². The highest BCUT2D eigenvalue weighted by Gasteiger charge is 2.55. The van der Waals surface area contributed by atoms with Crippen LogP contribution in [0.15, 0.2) is 16.6 Å². The summed E-state index contributed by atoms with van der Waals surface area (Å²) in [5, 5.41) is 0.266. The molecule has 2 heterocycles. The van der Waals surface area contributed by atoms with E-state index in [1.807, 2.05) is 0 Å². The van der Waals surface area contributed by atoms with E-state index in [9.17, 15) is 9.59 Å². The lowest BCUT2D eigenvalue weighted by atomic mass is 9.66. The number of hydrogen-bond donors (Lipinski definition) is 0. The second kappa shape index (κ2) is 9.55. The van der Waals surface area contributed by atoms with Crippen molar-refractivity contribution in [3.63, 3.8) is 0 Å². The zero-order chi connectivity index (χ0) is 25.7. The fourth-order valence-corrected chi connectivity index (χ4v) is 6.40. The topological polar surface area (TPSA) is 98.8 Å². The number of benzene rings is 2. The first kappa shape index (κ1) is 24.8. The van der Waals surface area contributed by atoms with Crippen LogP contribution < -0.4 is 23.7 Å². The summed E-state index contributed by atoms with van der Waals surface area (Å²) in [6.45, 7) is 1.85. The third-order valence-corrected chi connectivity index (χ3v) is 8.05. The molecule has 11 heteroatoms. The first-order chi connectivity index (χ1) is 17.4. The number of rotatable bonds is 6. The number of hydrogen-bond acceptors (Lipinski definition) is 9. The molecule has 0 spiro atoms. The molecule has 5 rings (SSSR count). The van der Waals surface area contributed by atoms with Gasteiger partial charge in [0.25, 0.3) is 0 Å². The van der Waals surface area contributed by atoms with Crippen molar-refractivity contribution in [1.29, 1.82) is 0 Å². The average Bonchev–Trinajstić information content (AvgIpc) is 3.51. The van der Waals surface area contributed by atoms with Gasteiger partial charge in [0, 0.05) is 23.8 Å². The van der Waals surface area contributed by atoms with E-state index < -0.39 is 35.8 Å². The molecule has 0 bridgehead atoms. The Morgan fingerprint density at radius 1 is 1.08 bits per heavy atom. The van der Waals surface area contributed by atoms with Gasteiger partial charge in [0.1, 0.15) is 6.10 Å². The molecule has 2 aromatic carbocycles. The Balaban J connectivity index is 1.81. The minimum absolute atomic E-state index is 0.0424. The maximum absolute atomic E-state index is 13.2. The van der Waals surface area contributed by atoms with Crippen molar-refractivity contribution in [2.24, 2.45) is 11.8 Å². The number of fused-ring (bicyclic) bond motifs is 3. The molecule has 9 nitrogen and oxygen atoms in total. The SMILES string of the molecule is CCC(=O)O[C@H]1c2c(cc3c(c2Br)OCO3)[C@@H](c2cc(OC)c(OC)c(OC)c2Cl)[C@H]2C(=O)OC[C@@H]21. The molecule has 3 aliphatic rings. The van der Waals surface area contributed by atoms with E-state index in [0.717, 1.165) is 0 Å². The number of carbonyl (C=O) groups excluding carboxylic acids is 2. The molecule has 1 aliphatic carbocycles. The van der Waals surface area contributed by atoms with Crippen molar-refractivity contribution in [2.75, 3.05) is 34.7 Å². The number of carbonyl (C=O) groups is 2. The van der Waals surface area contributed by atoms with E-state index >= 15 is 0 Å². The monoisotopic (exact) mass is 582 g/mol. The molecule has 2 aromatic rings. The van der Waals surface area contributed by atoms with Crippen LogP contribution in [0.1, 0.15) is 42.1 Å². The number of cyclic esters (lactones) is 1. The zero-order valence-corrected chi connectivity index (χ0v) is 22.4. The number of methoxy groups -OCH3 is 3. The Kier molecular flexibility index (Phi) is 6.59. The predicted molar refractivity (Wildman–Crippen MR) is 130 cm³/mol. The first-order valence-corrected chi connectivity index (χ1v) is 12.5. The lowest BCUT2D eigenvalue weighted by Gasteiger charge is -2.39. The van der Waals surface area contributed by atoms with Crippen LogP contribution in [-0.2, 0) is 19.1 Å². The maximum Gasteiger partial charge on any atom is 0.310 e. The van der Waals surface area contributed by atoms with Crippen LogP contribution in [0.4, 0.5) is 0 Å². The van der Waals surface area contributed by atoms with Crippen LogP contribution >= 0.6 is 27.5 Å². The molecule has 4 atom stereocenters. The van der Waals surface area contributed by atoms with Gasteiger partial charge >= 0.3 is 11.9 Å². The summed E-state index contributed by atoms with van der Waals surface area (Å²) in [5.74, 6) is -0.554. The average molecular weight is 584 g/mol. The minimum Gasteiger partial charge on any atom is -0.493 e. The Labute approximate surface area is 221 Å². The molecule has 0 aromatic heterocycles. The largest absolute Gasteiger partial charge is 0.493 e. The van der Waals surface area contributed by atoms with Crippen molar-refractivity contribution < 1.29 is 42.7 Å². The highest BCUT2D eigenvalue weighted by atomic mass is 79.9. The predicted octanol–water partition coefficient (Wildman–Crippen LogP) is 4.79. The number of halogens is 2. The van der Waals surface area contributed by atoms with Crippen LogP contribution in [0.2, 0.25) is 5.02 Å². The summed E-state index contributed by atoms with van der Waals surface area (Å²) >= 11 is 10.5. The van der Waals surface area contributed by atoms with Crippen molar-refractivity contribution in [1.82, 2.24) is 0 Å². The molecule has 36 heavy (non-hydrogen) atoms. The molecule has 0 N–H and O–H groups in total. The molecule has 0 amide bonds. The van der Waals surface area contributed by atoms with Gasteiger partial charge in [-0.25, -0.2) is 0 Å². The van der Waals surface area contributed by atoms with Crippen LogP contribution in [0.3, 0.4) is 0 Å². The molecule has 0 saturated carbocycles. The summed E-state index contributed by atoms with van der Waals surface area (Å²) < 4.78 is 40.0. The van der Waals surface area contributed by atoms with Gasteiger partial charge in [-0.3, -0.25) is 9.59 Å². The summed E-state index contributed by atoms with van der Waals surface area (Å²) in [6, 6.07) is 3.54. The zero-order valence-electron chi connectivity index (χ0n) is 20.0. The quantitative estimate of drug-likeness (QED) is 0.445. The lowest BCUT2D eigenvalue weighted by Crippen LogP contribution is -2.37. The summed E-state index contributed by atoms with van der Waals surface area (Å²) in [7, 11) is 4.47. The molecule has 1 fully saturated rings. The Morgan fingerprint density at radius 2 is 1.83 bits per heavy atom. The van der Waals surface area contributed by atoms with Crippen LogP contribution in [0, 0.1) is 11.8 Å². The molecule has 0 unspecified atom stereocenters. The van der Waals surface area contributed by atoms with Gasteiger partial charge < -0.3 is 33.2 Å². The van der Waals surface area contributed by atoms with Crippen molar-refractivity contribution in [3.8, 4) is 28.7 Å². The molecular weight excluding hydrogens is 560 g/mol. The molecule has 0 radical (unpaired) electrons. The minimum atomic E-state index is -0.746. The molecule has 192 valence electrons. The molecule has 1 saturated heterocycles. The second-order valence-electron chi connectivity index (χ2n) is 8.54. The van der Waals surface area contributed by atoms with Crippen LogP contribution in [0.5, 0.6) is 28.7 Å². The Morgan fingerprint density at radius 3 is 2.50 bits per heavy atom. The van der Waals surface area contributed by atoms with Gasteiger partial charge in [-0.1, -0.05) is 18.5 Å². The van der Waals surface area contributed by atoms with E-state index in [2.05, 4.69) is 15.9 Å². The Hall–Kier alpha value is -2.85. The number of esters is 2. The Bertz CT molecular complexity index is 1250. The fourth-order valence-electron chi connectivity index (χ4n) is 5.30. The van der Waals surface area contributed by atoms with E-state index in [4.69, 9.17) is 44.8 Å². The van der Waals surface area contributed by atoms with Gasteiger partial charge in [-0.05, 0) is 39.2 Å². The fraction of sp³-hybridized carbons (Fsp3) is 0.440. The van der Waals surface area contributed by atoms with Gasteiger partial charge in [0.05, 0.1) is 43.3 Å². The van der Waals surface area contributed by atoms with Crippen molar-refractivity contribution in [2.45, 2.75) is 25.4 Å². The normalized spacial score (nSPS) is 23.4.